The van der Waals surface area contributed by atoms with E-state index in [4.69, 9.17) is 18.8 Å². The fourth-order valence-electron chi connectivity index (χ4n) is 7.50. The van der Waals surface area contributed by atoms with Gasteiger partial charge >= 0.3 is 0 Å². The molecule has 0 radical (unpaired) electrons. The third kappa shape index (κ3) is 4.20. The Labute approximate surface area is 309 Å². The number of nitrogens with zero attached hydrogens (tertiary/aromatic N) is 3. The van der Waals surface area contributed by atoms with Crippen LogP contribution in [0.1, 0.15) is 0 Å². The summed E-state index contributed by atoms with van der Waals surface area (Å²) in [7, 11) is 0. The van der Waals surface area contributed by atoms with E-state index in [0.29, 0.717) is 11.8 Å². The Morgan fingerprint density at radius 3 is 2.06 bits per heavy atom. The molecule has 7 aromatic carbocycles. The molecule has 12 rings (SSSR count). The predicted octanol–water partition coefficient (Wildman–Crippen LogP) is 13.7. The molecule has 0 N–H and O–H groups in total. The van der Waals surface area contributed by atoms with Gasteiger partial charge in [0.15, 0.2) is 11.2 Å². The topological polar surface area (TPSA) is 55.3 Å². The van der Waals surface area contributed by atoms with Crippen LogP contribution in [0.3, 0.4) is 0 Å². The van der Waals surface area contributed by atoms with Crippen LogP contribution >= 0.6 is 34.9 Å². The molecule has 52 heavy (non-hydrogen) atoms. The van der Waals surface area contributed by atoms with Gasteiger partial charge in [-0.1, -0.05) is 90.3 Å². The number of oxazole rings is 2. The van der Waals surface area contributed by atoms with E-state index < -0.39 is 0 Å². The van der Waals surface area contributed by atoms with Gasteiger partial charge in [0.05, 0.1) is 37.1 Å². The zero-order valence-electron chi connectivity index (χ0n) is 27.2. The van der Waals surface area contributed by atoms with Crippen LogP contribution in [0.4, 0.5) is 17.1 Å². The summed E-state index contributed by atoms with van der Waals surface area (Å²) >= 11 is 5.48. The molecule has 5 heterocycles. The number of benzene rings is 7. The fourth-order valence-corrected chi connectivity index (χ4v) is 11.3. The number of hydrogen-bond donors (Lipinski definition) is 0. The summed E-state index contributed by atoms with van der Waals surface area (Å²) in [5.74, 6) is 1.26. The lowest BCUT2D eigenvalue weighted by Crippen LogP contribution is -2.19. The molecule has 2 aliphatic heterocycles. The molecule has 0 saturated carbocycles. The molecule has 5 nitrogen and oxygen atoms in total. The van der Waals surface area contributed by atoms with Gasteiger partial charge in [-0.25, -0.2) is 9.97 Å². The smallest absolute Gasteiger partial charge is 0.228 e. The van der Waals surface area contributed by atoms with Gasteiger partial charge in [0.2, 0.25) is 11.8 Å². The molecule has 3 aromatic heterocycles. The lowest BCUT2D eigenvalue weighted by Gasteiger charge is -2.39. The molecule has 0 bridgehead atoms. The van der Waals surface area contributed by atoms with Gasteiger partial charge in [0.1, 0.15) is 11.0 Å². The Kier molecular flexibility index (Phi) is 6.02. The summed E-state index contributed by atoms with van der Waals surface area (Å²) < 4.78 is 15.2. The second-order valence-electron chi connectivity index (χ2n) is 13.0. The molecule has 0 aliphatic carbocycles. The fraction of sp³-hybridized carbons (Fsp3) is 0. The van der Waals surface area contributed by atoms with Crippen molar-refractivity contribution >= 4 is 94.3 Å². The zero-order chi connectivity index (χ0) is 33.9. The van der Waals surface area contributed by atoms with Gasteiger partial charge < -0.3 is 13.7 Å². The van der Waals surface area contributed by atoms with E-state index in [1.54, 1.807) is 11.8 Å². The minimum absolute atomic E-state index is 0.624. The molecule has 10 aromatic rings. The standard InChI is InChI=1S/C44H23N3O2S3/c1-2-8-24(9-3-1)25-15-20-36-29(22-25)27-16-19-33-42(41(27)51-36)52-40-28(44-46-31-11-5-7-13-35(31)49-44)17-21-37-39(40)47(33)32-18-14-26(23-38(32)50-37)43-45-30-10-4-6-12-34(30)48-43/h1-23H. The number of thiophene rings is 1. The number of anilines is 3. The quantitative estimate of drug-likeness (QED) is 0.180. The van der Waals surface area contributed by atoms with Crippen LogP contribution in [0, 0.1) is 0 Å². The largest absolute Gasteiger partial charge is 0.436 e. The predicted molar refractivity (Wildman–Crippen MR) is 214 cm³/mol. The van der Waals surface area contributed by atoms with Crippen molar-refractivity contribution in [3.05, 3.63) is 140 Å². The van der Waals surface area contributed by atoms with Crippen LogP contribution in [0.2, 0.25) is 0 Å². The van der Waals surface area contributed by atoms with Gasteiger partial charge in [0, 0.05) is 30.8 Å². The second kappa shape index (κ2) is 10.9. The highest BCUT2D eigenvalue weighted by Gasteiger charge is 2.36. The Morgan fingerprint density at radius 2 is 1.23 bits per heavy atom. The molecule has 0 saturated heterocycles. The number of fused-ring (bicyclic) bond motifs is 10. The van der Waals surface area contributed by atoms with Gasteiger partial charge in [-0.2, -0.15) is 0 Å². The molecule has 0 spiro atoms. The van der Waals surface area contributed by atoms with Crippen LogP contribution in [0.15, 0.2) is 168 Å². The molecular formula is C44H23N3O2S3. The van der Waals surface area contributed by atoms with Crippen molar-refractivity contribution in [2.45, 2.75) is 19.6 Å². The number of aromatic nitrogens is 2. The molecule has 0 unspecified atom stereocenters. The molecule has 244 valence electrons. The lowest BCUT2D eigenvalue weighted by atomic mass is 10.0. The van der Waals surface area contributed by atoms with Crippen molar-refractivity contribution in [2.24, 2.45) is 0 Å². The summed E-state index contributed by atoms with van der Waals surface area (Å²) in [4.78, 5) is 16.9. The van der Waals surface area contributed by atoms with Crippen LogP contribution < -0.4 is 4.90 Å². The zero-order valence-corrected chi connectivity index (χ0v) is 29.6. The molecule has 2 aliphatic rings. The molecule has 0 fully saturated rings. The summed E-state index contributed by atoms with van der Waals surface area (Å²) in [6.07, 6.45) is 0. The minimum Gasteiger partial charge on any atom is -0.436 e. The molecule has 8 heteroatoms. The highest BCUT2D eigenvalue weighted by Crippen LogP contribution is 2.64. The highest BCUT2D eigenvalue weighted by atomic mass is 32.2. The monoisotopic (exact) mass is 721 g/mol. The van der Waals surface area contributed by atoms with Crippen LogP contribution in [-0.4, -0.2) is 9.97 Å². The number of para-hydroxylation sites is 4. The average molecular weight is 722 g/mol. The van der Waals surface area contributed by atoms with E-state index in [0.717, 1.165) is 54.5 Å². The third-order valence-corrected chi connectivity index (χ3v) is 13.6. The van der Waals surface area contributed by atoms with Crippen molar-refractivity contribution < 1.29 is 8.83 Å². The highest BCUT2D eigenvalue weighted by molar-refractivity contribution is 8.01. The van der Waals surface area contributed by atoms with Crippen molar-refractivity contribution in [1.29, 1.82) is 0 Å². The van der Waals surface area contributed by atoms with E-state index in [1.807, 2.05) is 71.6 Å². The molecular weight excluding hydrogens is 699 g/mol. The molecule has 0 atom stereocenters. The Morgan fingerprint density at radius 1 is 0.500 bits per heavy atom. The normalized spacial score (nSPS) is 13.2. The van der Waals surface area contributed by atoms with Crippen molar-refractivity contribution in [1.82, 2.24) is 9.97 Å². The Hall–Kier alpha value is -5.80. The SMILES string of the molecule is c1ccc(-c2ccc3sc4c5c(ccc4c3c2)N2c3ccc(-c4nc6ccccc6o4)cc3Sc3ccc(-c4nc6ccccc6o4)c(c32)S5)cc1. The summed E-state index contributed by atoms with van der Waals surface area (Å²) in [5.41, 5.74) is 11.1. The van der Waals surface area contributed by atoms with Crippen LogP contribution in [0.25, 0.3) is 76.4 Å². The van der Waals surface area contributed by atoms with E-state index in [2.05, 4.69) is 95.9 Å². The maximum atomic E-state index is 6.42. The lowest BCUT2D eigenvalue weighted by molar-refractivity contribution is 0.618. The van der Waals surface area contributed by atoms with Crippen molar-refractivity contribution in [3.8, 4) is 34.0 Å². The van der Waals surface area contributed by atoms with Gasteiger partial charge in [0.25, 0.3) is 0 Å². The Balaban J connectivity index is 1.08. The van der Waals surface area contributed by atoms with E-state index >= 15 is 0 Å². The first-order chi connectivity index (χ1) is 25.7. The van der Waals surface area contributed by atoms with Crippen molar-refractivity contribution in [3.63, 3.8) is 0 Å². The van der Waals surface area contributed by atoms with Crippen molar-refractivity contribution in [2.75, 3.05) is 4.90 Å². The van der Waals surface area contributed by atoms with Gasteiger partial charge in [-0.05, 0) is 83.9 Å². The first-order valence-corrected chi connectivity index (χ1v) is 19.4. The van der Waals surface area contributed by atoms with Crippen LogP contribution in [0.5, 0.6) is 0 Å². The van der Waals surface area contributed by atoms with Crippen LogP contribution in [-0.2, 0) is 0 Å². The maximum Gasteiger partial charge on any atom is 0.228 e. The van der Waals surface area contributed by atoms with Gasteiger partial charge in [-0.3, -0.25) is 0 Å². The average Bonchev–Trinajstić information content (AvgIpc) is 3.93. The summed E-state index contributed by atoms with van der Waals surface area (Å²) in [5, 5.41) is 2.55. The number of rotatable bonds is 3. The van der Waals surface area contributed by atoms with E-state index in [9.17, 15) is 0 Å². The Bertz CT molecular complexity index is 3040. The maximum absolute atomic E-state index is 6.42. The molecule has 0 amide bonds. The van der Waals surface area contributed by atoms with E-state index in [-0.39, 0.29) is 0 Å². The summed E-state index contributed by atoms with van der Waals surface area (Å²) in [6, 6.07) is 48.9. The summed E-state index contributed by atoms with van der Waals surface area (Å²) in [6.45, 7) is 0. The van der Waals surface area contributed by atoms with Gasteiger partial charge in [-0.15, -0.1) is 11.3 Å². The third-order valence-electron chi connectivity index (χ3n) is 9.93. The minimum atomic E-state index is 0.624. The first-order valence-electron chi connectivity index (χ1n) is 17.0. The second-order valence-corrected chi connectivity index (χ2v) is 16.1. The first kappa shape index (κ1) is 28.8. The van der Waals surface area contributed by atoms with E-state index in [1.165, 1.54) is 46.8 Å². The number of hydrogen-bond acceptors (Lipinski definition) is 8.